The molecular weight excluding hydrogens is 312 g/mol. The van der Waals surface area contributed by atoms with Crippen molar-refractivity contribution in [3.05, 3.63) is 36.3 Å². The van der Waals surface area contributed by atoms with Crippen LogP contribution in [0.25, 0.3) is 16.6 Å². The molecule has 122 valence electrons. The summed E-state index contributed by atoms with van der Waals surface area (Å²) >= 11 is 0. The highest BCUT2D eigenvalue weighted by Crippen LogP contribution is 2.26. The summed E-state index contributed by atoms with van der Waals surface area (Å²) in [6.45, 7) is 0.772. The number of nitrogens with one attached hydrogen (secondary N) is 2. The molecule has 0 radical (unpaired) electrons. The second-order valence-electron chi connectivity index (χ2n) is 5.46. The second kappa shape index (κ2) is 5.37. The number of primary amides is 1. The van der Waals surface area contributed by atoms with Gasteiger partial charge in [-0.2, -0.15) is 0 Å². The Kier molecular flexibility index (Phi) is 3.19. The zero-order chi connectivity index (χ0) is 16.7. The van der Waals surface area contributed by atoms with Crippen molar-refractivity contribution in [3.8, 4) is 5.88 Å². The largest absolute Gasteiger partial charge is 0.474 e. The summed E-state index contributed by atoms with van der Waals surface area (Å²) in [5.74, 6) is -0.153. The smallest absolute Gasteiger partial charge is 0.315 e. The molecule has 9 heteroatoms. The van der Waals surface area contributed by atoms with Crippen LogP contribution in [0.15, 0.2) is 30.7 Å². The minimum Gasteiger partial charge on any atom is -0.474 e. The predicted octanol–water partition coefficient (Wildman–Crippen LogP) is 0.0416. The van der Waals surface area contributed by atoms with Crippen LogP contribution in [-0.4, -0.2) is 45.5 Å². The summed E-state index contributed by atoms with van der Waals surface area (Å²) in [4.78, 5) is 31.3. The van der Waals surface area contributed by atoms with Gasteiger partial charge in [0.25, 0.3) is 5.91 Å². The van der Waals surface area contributed by atoms with Crippen LogP contribution in [-0.2, 0) is 0 Å². The number of hydrogen-bond donors (Lipinski definition) is 3. The lowest BCUT2D eigenvalue weighted by Gasteiger charge is -2.13. The second-order valence-corrected chi connectivity index (χ2v) is 5.46. The lowest BCUT2D eigenvalue weighted by Crippen LogP contribution is -2.32. The van der Waals surface area contributed by atoms with Gasteiger partial charge in [0.1, 0.15) is 17.8 Å². The van der Waals surface area contributed by atoms with Gasteiger partial charge in [-0.3, -0.25) is 9.20 Å². The highest BCUT2D eigenvalue weighted by molar-refractivity contribution is 6.03. The van der Waals surface area contributed by atoms with E-state index in [0.717, 1.165) is 5.39 Å². The van der Waals surface area contributed by atoms with Crippen LogP contribution in [0.5, 0.6) is 5.88 Å². The predicted molar refractivity (Wildman–Crippen MR) is 84.8 cm³/mol. The number of hydrogen-bond acceptors (Lipinski definition) is 5. The van der Waals surface area contributed by atoms with E-state index in [9.17, 15) is 9.59 Å². The minimum absolute atomic E-state index is 0.127. The lowest BCUT2D eigenvalue weighted by molar-refractivity contribution is 0.100. The molecule has 1 saturated heterocycles. The average molecular weight is 326 g/mol. The van der Waals surface area contributed by atoms with Gasteiger partial charge in [-0.15, -0.1) is 0 Å². The summed E-state index contributed by atoms with van der Waals surface area (Å²) < 4.78 is 7.52. The van der Waals surface area contributed by atoms with Crippen molar-refractivity contribution in [3.63, 3.8) is 0 Å². The van der Waals surface area contributed by atoms with Crippen LogP contribution < -0.4 is 21.1 Å². The Bertz CT molecular complexity index is 966. The summed E-state index contributed by atoms with van der Waals surface area (Å²) in [6, 6.07) is 3.11. The molecule has 4 rings (SSSR count). The van der Waals surface area contributed by atoms with Gasteiger partial charge < -0.3 is 21.1 Å². The molecule has 1 aliphatic rings. The van der Waals surface area contributed by atoms with Crippen molar-refractivity contribution in [1.82, 2.24) is 25.0 Å². The van der Waals surface area contributed by atoms with Crippen molar-refractivity contribution < 1.29 is 14.3 Å². The molecule has 1 fully saturated rings. The van der Waals surface area contributed by atoms with Gasteiger partial charge >= 0.3 is 6.03 Å². The van der Waals surface area contributed by atoms with E-state index in [0.29, 0.717) is 29.2 Å². The van der Waals surface area contributed by atoms with Gasteiger partial charge in [-0.1, -0.05) is 0 Å². The molecule has 3 aromatic heterocycles. The van der Waals surface area contributed by atoms with Crippen molar-refractivity contribution in [1.29, 1.82) is 0 Å². The normalized spacial score (nSPS) is 17.0. The average Bonchev–Trinajstić information content (AvgIpc) is 3.20. The van der Waals surface area contributed by atoms with Crippen molar-refractivity contribution >= 4 is 28.5 Å². The molecular formula is C15H14N6O3. The lowest BCUT2D eigenvalue weighted by atomic mass is 10.1. The van der Waals surface area contributed by atoms with E-state index in [4.69, 9.17) is 10.5 Å². The van der Waals surface area contributed by atoms with E-state index in [1.54, 1.807) is 35.1 Å². The molecule has 3 amide bonds. The maximum absolute atomic E-state index is 11.6. The van der Waals surface area contributed by atoms with Gasteiger partial charge in [-0.25, -0.2) is 14.8 Å². The standard InChI is InChI=1S/C15H14N6O3/c16-12(22)10-5-8-1-2-18-14(11(8)21-4-3-17-13(10)21)24-7-9-6-19-15(23)20-9/h1-5,9H,6-7H2,(H2,16,22)(H2,19,20,23)/t9-/m0/s1. The van der Waals surface area contributed by atoms with E-state index >= 15 is 0 Å². The SMILES string of the molecule is NC(=O)c1cc2ccnc(OC[C@@H]3CNC(=O)N3)c2n2ccnc12. The Morgan fingerprint density at radius 3 is 3.04 bits per heavy atom. The topological polar surface area (TPSA) is 124 Å². The molecule has 1 atom stereocenters. The summed E-state index contributed by atoms with van der Waals surface area (Å²) in [7, 11) is 0. The molecule has 24 heavy (non-hydrogen) atoms. The van der Waals surface area contributed by atoms with Gasteiger partial charge in [0.2, 0.25) is 5.88 Å². The van der Waals surface area contributed by atoms with E-state index in [-0.39, 0.29) is 18.7 Å². The van der Waals surface area contributed by atoms with Gasteiger partial charge in [0.05, 0.1) is 11.6 Å². The molecule has 0 aromatic carbocycles. The summed E-state index contributed by atoms with van der Waals surface area (Å²) in [5, 5.41) is 6.17. The van der Waals surface area contributed by atoms with Gasteiger partial charge in [0.15, 0.2) is 0 Å². The molecule has 4 N–H and O–H groups in total. The number of urea groups is 1. The Labute approximate surface area is 135 Å². The highest BCUT2D eigenvalue weighted by atomic mass is 16.5. The Hall–Kier alpha value is -3.36. The number of carbonyl (C=O) groups excluding carboxylic acids is 2. The molecule has 0 spiro atoms. The van der Waals surface area contributed by atoms with Crippen LogP contribution in [0, 0.1) is 0 Å². The molecule has 0 bridgehead atoms. The summed E-state index contributed by atoms with van der Waals surface area (Å²) in [5.41, 5.74) is 6.90. The molecule has 1 aliphatic heterocycles. The number of amides is 3. The zero-order valence-corrected chi connectivity index (χ0v) is 12.5. The van der Waals surface area contributed by atoms with Crippen molar-refractivity contribution in [2.45, 2.75) is 6.04 Å². The van der Waals surface area contributed by atoms with Gasteiger partial charge in [0, 0.05) is 30.5 Å². The number of aromatic nitrogens is 3. The zero-order valence-electron chi connectivity index (χ0n) is 12.5. The third kappa shape index (κ3) is 2.26. The number of ether oxygens (including phenoxy) is 1. The van der Waals surface area contributed by atoms with E-state index < -0.39 is 5.91 Å². The maximum atomic E-state index is 11.6. The number of imidazole rings is 1. The number of pyridine rings is 2. The fourth-order valence-corrected chi connectivity index (χ4v) is 2.78. The molecule has 9 nitrogen and oxygen atoms in total. The molecule has 0 saturated carbocycles. The molecule has 3 aromatic rings. The first kappa shape index (κ1) is 14.2. The summed E-state index contributed by atoms with van der Waals surface area (Å²) in [6.07, 6.45) is 4.90. The first-order valence-corrected chi connectivity index (χ1v) is 7.35. The first-order valence-electron chi connectivity index (χ1n) is 7.35. The number of nitrogens with zero attached hydrogens (tertiary/aromatic N) is 3. The Morgan fingerprint density at radius 2 is 2.29 bits per heavy atom. The quantitative estimate of drug-likeness (QED) is 0.624. The molecule has 0 unspecified atom stereocenters. The van der Waals surface area contributed by atoms with Crippen LogP contribution in [0.2, 0.25) is 0 Å². The molecule has 4 heterocycles. The number of rotatable bonds is 4. The first-order chi connectivity index (χ1) is 11.6. The number of nitrogens with two attached hydrogens (primary N) is 1. The van der Waals surface area contributed by atoms with E-state index in [1.807, 2.05) is 0 Å². The van der Waals surface area contributed by atoms with E-state index in [2.05, 4.69) is 20.6 Å². The highest BCUT2D eigenvalue weighted by Gasteiger charge is 2.21. The fraction of sp³-hybridized carbons (Fsp3) is 0.200. The van der Waals surface area contributed by atoms with Crippen molar-refractivity contribution in [2.24, 2.45) is 5.73 Å². The van der Waals surface area contributed by atoms with Crippen LogP contribution >= 0.6 is 0 Å². The Balaban J connectivity index is 1.77. The molecule has 0 aliphatic carbocycles. The van der Waals surface area contributed by atoms with E-state index in [1.165, 1.54) is 0 Å². The van der Waals surface area contributed by atoms with Crippen LogP contribution in [0.4, 0.5) is 4.79 Å². The third-order valence-corrected chi connectivity index (χ3v) is 3.88. The monoisotopic (exact) mass is 326 g/mol. The number of carbonyl (C=O) groups is 2. The Morgan fingerprint density at radius 1 is 1.42 bits per heavy atom. The number of fused-ring (bicyclic) bond motifs is 3. The van der Waals surface area contributed by atoms with Crippen LogP contribution in [0.3, 0.4) is 0 Å². The van der Waals surface area contributed by atoms with Crippen LogP contribution in [0.1, 0.15) is 10.4 Å². The maximum Gasteiger partial charge on any atom is 0.315 e. The van der Waals surface area contributed by atoms with Gasteiger partial charge in [-0.05, 0) is 12.1 Å². The minimum atomic E-state index is -0.549. The third-order valence-electron chi connectivity index (χ3n) is 3.88. The van der Waals surface area contributed by atoms with Crippen molar-refractivity contribution in [2.75, 3.05) is 13.2 Å². The fourth-order valence-electron chi connectivity index (χ4n) is 2.78.